The summed E-state index contributed by atoms with van der Waals surface area (Å²) in [7, 11) is 0. The summed E-state index contributed by atoms with van der Waals surface area (Å²) in [5, 5.41) is 11.3. The van der Waals surface area contributed by atoms with Crippen LogP contribution in [-0.2, 0) is 9.59 Å². The molecule has 3 amide bonds. The van der Waals surface area contributed by atoms with Gasteiger partial charge >= 0.3 is 12.0 Å². The number of carbonyl (C=O) groups is 3. The monoisotopic (exact) mass is 226 g/mol. The topological polar surface area (TPSA) is 86.7 Å². The highest BCUT2D eigenvalue weighted by atomic mass is 16.4. The molecule has 16 heavy (non-hydrogen) atoms. The third-order valence-electron chi connectivity index (χ3n) is 3.30. The van der Waals surface area contributed by atoms with E-state index in [0.717, 1.165) is 11.3 Å². The van der Waals surface area contributed by atoms with Gasteiger partial charge in [0.05, 0.1) is 0 Å². The van der Waals surface area contributed by atoms with Crippen molar-refractivity contribution in [1.82, 2.24) is 10.2 Å². The van der Waals surface area contributed by atoms with Crippen molar-refractivity contribution < 1.29 is 19.5 Å². The summed E-state index contributed by atoms with van der Waals surface area (Å²) < 4.78 is 0. The minimum Gasteiger partial charge on any atom is -0.480 e. The van der Waals surface area contributed by atoms with E-state index in [1.807, 2.05) is 6.92 Å². The summed E-state index contributed by atoms with van der Waals surface area (Å²) in [6.45, 7) is 1.47. The molecule has 6 nitrogen and oxygen atoms in total. The van der Waals surface area contributed by atoms with E-state index in [9.17, 15) is 14.4 Å². The predicted octanol–water partition coefficient (Wildman–Crippen LogP) is 0.182. The van der Waals surface area contributed by atoms with Gasteiger partial charge in [-0.1, -0.05) is 6.92 Å². The van der Waals surface area contributed by atoms with Crippen molar-refractivity contribution in [3.63, 3.8) is 0 Å². The molecule has 2 rings (SSSR count). The molecule has 2 unspecified atom stereocenters. The highest BCUT2D eigenvalue weighted by Crippen LogP contribution is 2.38. The zero-order valence-electron chi connectivity index (χ0n) is 9.02. The molecule has 0 aromatic rings. The Bertz CT molecular complexity index is 368. The summed E-state index contributed by atoms with van der Waals surface area (Å²) >= 11 is 0. The Hall–Kier alpha value is -1.59. The highest BCUT2D eigenvalue weighted by Gasteiger charge is 2.54. The molecule has 0 radical (unpaired) electrons. The summed E-state index contributed by atoms with van der Waals surface area (Å²) in [5.74, 6) is -1.18. The van der Waals surface area contributed by atoms with Crippen molar-refractivity contribution in [2.75, 3.05) is 6.54 Å². The highest BCUT2D eigenvalue weighted by molar-refractivity contribution is 6.08. The van der Waals surface area contributed by atoms with E-state index in [2.05, 4.69) is 5.32 Å². The lowest BCUT2D eigenvalue weighted by atomic mass is 9.96. The third kappa shape index (κ3) is 1.54. The van der Waals surface area contributed by atoms with Crippen LogP contribution in [-0.4, -0.2) is 40.0 Å². The summed E-state index contributed by atoms with van der Waals surface area (Å²) in [4.78, 5) is 34.9. The molecule has 2 atom stereocenters. The first-order valence-electron chi connectivity index (χ1n) is 5.30. The van der Waals surface area contributed by atoms with Crippen LogP contribution in [0.4, 0.5) is 4.79 Å². The number of carboxylic acids is 1. The molecule has 1 spiro atoms. The van der Waals surface area contributed by atoms with Gasteiger partial charge in [-0.25, -0.2) is 4.79 Å². The van der Waals surface area contributed by atoms with Gasteiger partial charge in [0.2, 0.25) is 0 Å². The number of hydrogen-bond acceptors (Lipinski definition) is 3. The molecule has 1 aliphatic carbocycles. The molecule has 1 saturated carbocycles. The Balaban J connectivity index is 2.19. The molecule has 0 aromatic carbocycles. The van der Waals surface area contributed by atoms with Crippen LogP contribution < -0.4 is 5.32 Å². The fourth-order valence-corrected chi connectivity index (χ4v) is 2.55. The van der Waals surface area contributed by atoms with Crippen LogP contribution in [0, 0.1) is 5.92 Å². The third-order valence-corrected chi connectivity index (χ3v) is 3.30. The minimum atomic E-state index is -1.17. The number of nitrogens with zero attached hydrogens (tertiary/aromatic N) is 1. The van der Waals surface area contributed by atoms with Crippen LogP contribution in [0.2, 0.25) is 0 Å². The number of carbonyl (C=O) groups excluding carboxylic acids is 2. The Labute approximate surface area is 92.6 Å². The van der Waals surface area contributed by atoms with Crippen LogP contribution in [0.5, 0.6) is 0 Å². The first-order chi connectivity index (χ1) is 7.44. The molecule has 2 aliphatic rings. The first-order valence-corrected chi connectivity index (χ1v) is 5.30. The van der Waals surface area contributed by atoms with Crippen molar-refractivity contribution in [3.05, 3.63) is 0 Å². The summed E-state index contributed by atoms with van der Waals surface area (Å²) in [6, 6.07) is -0.582. The molecule has 1 saturated heterocycles. The normalized spacial score (nSPS) is 33.6. The number of urea groups is 1. The van der Waals surface area contributed by atoms with Crippen molar-refractivity contribution in [2.24, 2.45) is 5.92 Å². The molecule has 88 valence electrons. The second kappa shape index (κ2) is 3.47. The van der Waals surface area contributed by atoms with E-state index in [1.54, 1.807) is 0 Å². The summed E-state index contributed by atoms with van der Waals surface area (Å²) in [5.41, 5.74) is -0.827. The smallest absolute Gasteiger partial charge is 0.325 e. The maximum atomic E-state index is 12.0. The standard InChI is InChI=1S/C10H14N2O4/c1-6-2-3-10(4-6)8(15)12(5-7(13)14)9(16)11-10/h6H,2-5H2,1H3,(H,11,16)(H,13,14). The van der Waals surface area contributed by atoms with Crippen LogP contribution in [0.1, 0.15) is 26.2 Å². The zero-order valence-corrected chi connectivity index (χ0v) is 9.02. The quantitative estimate of drug-likeness (QED) is 0.658. The Morgan fingerprint density at radius 2 is 2.31 bits per heavy atom. The van der Waals surface area contributed by atoms with Gasteiger partial charge in [-0.3, -0.25) is 14.5 Å². The average Bonchev–Trinajstić information content (AvgIpc) is 2.64. The van der Waals surface area contributed by atoms with Gasteiger partial charge in [-0.2, -0.15) is 0 Å². The van der Waals surface area contributed by atoms with Gasteiger partial charge in [0.25, 0.3) is 5.91 Å². The van der Waals surface area contributed by atoms with E-state index < -0.39 is 24.1 Å². The molecule has 0 aromatic heterocycles. The largest absolute Gasteiger partial charge is 0.480 e. The number of nitrogens with one attached hydrogen (secondary N) is 1. The fraction of sp³-hybridized carbons (Fsp3) is 0.700. The molecule has 0 bridgehead atoms. The molecule has 1 aliphatic heterocycles. The van der Waals surface area contributed by atoms with Gasteiger partial charge in [0.15, 0.2) is 0 Å². The molecule has 6 heteroatoms. The Morgan fingerprint density at radius 3 is 2.81 bits per heavy atom. The number of carboxylic acid groups (broad SMARTS) is 1. The van der Waals surface area contributed by atoms with E-state index in [1.165, 1.54) is 0 Å². The summed E-state index contributed by atoms with van der Waals surface area (Å²) in [6.07, 6.45) is 2.09. The molecule has 2 N–H and O–H groups in total. The van der Waals surface area contributed by atoms with E-state index in [4.69, 9.17) is 5.11 Å². The van der Waals surface area contributed by atoms with Crippen molar-refractivity contribution in [1.29, 1.82) is 0 Å². The van der Waals surface area contributed by atoms with Gasteiger partial charge in [0, 0.05) is 0 Å². The zero-order chi connectivity index (χ0) is 11.9. The number of imide groups is 1. The number of aliphatic carboxylic acids is 1. The van der Waals surface area contributed by atoms with E-state index in [0.29, 0.717) is 18.8 Å². The van der Waals surface area contributed by atoms with E-state index in [-0.39, 0.29) is 5.91 Å². The van der Waals surface area contributed by atoms with Crippen LogP contribution in [0.25, 0.3) is 0 Å². The molecule has 1 heterocycles. The number of hydrogen-bond donors (Lipinski definition) is 2. The molecular formula is C10H14N2O4. The Morgan fingerprint density at radius 1 is 1.62 bits per heavy atom. The Kier molecular flexibility index (Phi) is 2.36. The lowest BCUT2D eigenvalue weighted by Gasteiger charge is -2.20. The fourth-order valence-electron chi connectivity index (χ4n) is 2.55. The van der Waals surface area contributed by atoms with Crippen molar-refractivity contribution in [2.45, 2.75) is 31.7 Å². The number of amides is 3. The second-order valence-corrected chi connectivity index (χ2v) is 4.65. The van der Waals surface area contributed by atoms with Gasteiger partial charge in [-0.05, 0) is 25.2 Å². The van der Waals surface area contributed by atoms with Crippen LogP contribution >= 0.6 is 0 Å². The van der Waals surface area contributed by atoms with Crippen LogP contribution in [0.15, 0.2) is 0 Å². The maximum Gasteiger partial charge on any atom is 0.325 e. The number of rotatable bonds is 2. The van der Waals surface area contributed by atoms with Crippen molar-refractivity contribution in [3.8, 4) is 0 Å². The van der Waals surface area contributed by atoms with Gasteiger partial charge < -0.3 is 10.4 Å². The SMILES string of the molecule is CC1CCC2(C1)NC(=O)N(CC(=O)O)C2=O. The lowest BCUT2D eigenvalue weighted by Crippen LogP contribution is -2.44. The van der Waals surface area contributed by atoms with Crippen molar-refractivity contribution >= 4 is 17.9 Å². The lowest BCUT2D eigenvalue weighted by molar-refractivity contribution is -0.142. The predicted molar refractivity (Wildman–Crippen MR) is 53.6 cm³/mol. The average molecular weight is 226 g/mol. The molecular weight excluding hydrogens is 212 g/mol. The first kappa shape index (κ1) is 10.9. The minimum absolute atomic E-state index is 0.383. The maximum absolute atomic E-state index is 12.0. The van der Waals surface area contributed by atoms with Gasteiger partial charge in [0.1, 0.15) is 12.1 Å². The second-order valence-electron chi connectivity index (χ2n) is 4.65. The molecule has 2 fully saturated rings. The van der Waals surface area contributed by atoms with Crippen LogP contribution in [0.3, 0.4) is 0 Å². The van der Waals surface area contributed by atoms with E-state index >= 15 is 0 Å². The van der Waals surface area contributed by atoms with Gasteiger partial charge in [-0.15, -0.1) is 0 Å².